The molecular weight excluding hydrogens is 242 g/mol. The molecule has 0 saturated heterocycles. The number of carboxylic acid groups (broad SMARTS) is 1. The molecule has 0 bridgehead atoms. The van der Waals surface area contributed by atoms with Crippen LogP contribution in [0.3, 0.4) is 0 Å². The van der Waals surface area contributed by atoms with Crippen molar-refractivity contribution < 1.29 is 18.3 Å². The Kier molecular flexibility index (Phi) is 2.71. The van der Waals surface area contributed by atoms with Crippen molar-refractivity contribution in [1.82, 2.24) is 0 Å². The minimum atomic E-state index is -3.59. The molecule has 1 aromatic carbocycles. The second-order valence-electron chi connectivity index (χ2n) is 4.22. The van der Waals surface area contributed by atoms with E-state index < -0.39 is 26.5 Å². The van der Waals surface area contributed by atoms with Crippen LogP contribution >= 0.6 is 0 Å². The van der Waals surface area contributed by atoms with E-state index in [1.807, 2.05) is 0 Å². The highest BCUT2D eigenvalue weighted by atomic mass is 32.2. The first-order valence-electron chi connectivity index (χ1n) is 5.17. The Balaban J connectivity index is 2.36. The maximum absolute atomic E-state index is 12.2. The van der Waals surface area contributed by atoms with E-state index in [1.165, 1.54) is 12.1 Å². The molecular formula is C11H13NO4S. The summed E-state index contributed by atoms with van der Waals surface area (Å²) in [5, 5.41) is 8.14. The highest BCUT2D eigenvalue weighted by molar-refractivity contribution is 7.92. The fraction of sp³-hybridized carbons (Fsp3) is 0.364. The van der Waals surface area contributed by atoms with Crippen molar-refractivity contribution in [3.63, 3.8) is 0 Å². The zero-order valence-corrected chi connectivity index (χ0v) is 9.85. The molecule has 2 rings (SSSR count). The highest BCUT2D eigenvalue weighted by Gasteiger charge is 2.66. The average Bonchev–Trinajstić information content (AvgIpc) is 3.07. The van der Waals surface area contributed by atoms with E-state index >= 15 is 0 Å². The van der Waals surface area contributed by atoms with E-state index in [9.17, 15) is 13.2 Å². The smallest absolute Gasteiger partial charge is 0.312 e. The molecule has 1 aliphatic rings. The molecule has 1 aromatic rings. The van der Waals surface area contributed by atoms with Gasteiger partial charge in [0.05, 0.1) is 15.6 Å². The monoisotopic (exact) mass is 255 g/mol. The van der Waals surface area contributed by atoms with Gasteiger partial charge in [0.2, 0.25) is 0 Å². The molecule has 0 aromatic heterocycles. The molecule has 1 fully saturated rings. The molecule has 1 aliphatic carbocycles. The predicted molar refractivity (Wildman–Crippen MR) is 61.2 cm³/mol. The minimum absolute atomic E-state index is 0.0933. The second-order valence-corrected chi connectivity index (χ2v) is 6.35. The highest BCUT2D eigenvalue weighted by Crippen LogP contribution is 2.51. The summed E-state index contributed by atoms with van der Waals surface area (Å²) < 4.78 is 24.3. The number of rotatable bonds is 4. The molecule has 1 saturated carbocycles. The molecule has 0 amide bonds. The fourth-order valence-corrected chi connectivity index (χ4v) is 4.15. The lowest BCUT2D eigenvalue weighted by atomic mass is 10.1. The maximum Gasteiger partial charge on any atom is 0.312 e. The Morgan fingerprint density at radius 2 is 2.00 bits per heavy atom. The van der Waals surface area contributed by atoms with E-state index in [-0.39, 0.29) is 17.9 Å². The summed E-state index contributed by atoms with van der Waals surface area (Å²) in [6.45, 7) is -0.154. The SMILES string of the molecule is NCC1(C(=O)O)CC1S(=O)(=O)c1ccccc1. The normalized spacial score (nSPS) is 27.7. The van der Waals surface area contributed by atoms with Crippen LogP contribution in [-0.4, -0.2) is 31.3 Å². The molecule has 5 nitrogen and oxygen atoms in total. The first-order valence-corrected chi connectivity index (χ1v) is 6.72. The standard InChI is InChI=1S/C11H13NO4S/c12-7-11(10(13)14)6-9(11)17(15,16)8-4-2-1-3-5-8/h1-5,9H,6-7,12H2,(H,13,14). The van der Waals surface area contributed by atoms with E-state index in [0.29, 0.717) is 0 Å². The Hall–Kier alpha value is -1.40. The number of nitrogens with two attached hydrogens (primary N) is 1. The van der Waals surface area contributed by atoms with Gasteiger partial charge in [-0.25, -0.2) is 8.42 Å². The Morgan fingerprint density at radius 3 is 2.41 bits per heavy atom. The zero-order chi connectivity index (χ0) is 12.7. The van der Waals surface area contributed by atoms with Crippen molar-refractivity contribution in [2.75, 3.05) is 6.54 Å². The quantitative estimate of drug-likeness (QED) is 0.804. The molecule has 2 unspecified atom stereocenters. The molecule has 0 aliphatic heterocycles. The van der Waals surface area contributed by atoms with Crippen molar-refractivity contribution in [2.45, 2.75) is 16.6 Å². The van der Waals surface area contributed by atoms with Crippen molar-refractivity contribution in [1.29, 1.82) is 0 Å². The first-order chi connectivity index (χ1) is 7.95. The van der Waals surface area contributed by atoms with Crippen LogP contribution in [-0.2, 0) is 14.6 Å². The molecule has 0 spiro atoms. The van der Waals surface area contributed by atoms with E-state index in [0.717, 1.165) is 0 Å². The van der Waals surface area contributed by atoms with Gasteiger partial charge in [-0.2, -0.15) is 0 Å². The van der Waals surface area contributed by atoms with E-state index in [2.05, 4.69) is 0 Å². The van der Waals surface area contributed by atoms with Gasteiger partial charge < -0.3 is 10.8 Å². The molecule has 2 atom stereocenters. The maximum atomic E-state index is 12.2. The third kappa shape index (κ3) is 1.73. The number of sulfone groups is 1. The van der Waals surface area contributed by atoms with Gasteiger partial charge in [-0.3, -0.25) is 4.79 Å². The molecule has 17 heavy (non-hydrogen) atoms. The number of aliphatic carboxylic acids is 1. The Morgan fingerprint density at radius 1 is 1.41 bits per heavy atom. The van der Waals surface area contributed by atoms with Gasteiger partial charge in [-0.15, -0.1) is 0 Å². The molecule has 6 heteroatoms. The van der Waals surface area contributed by atoms with Gasteiger partial charge in [-0.05, 0) is 18.6 Å². The third-order valence-electron chi connectivity index (χ3n) is 3.24. The average molecular weight is 255 g/mol. The Bertz CT molecular complexity index is 540. The summed E-state index contributed by atoms with van der Waals surface area (Å²) in [5.41, 5.74) is 4.09. The summed E-state index contributed by atoms with van der Waals surface area (Å²) >= 11 is 0. The zero-order valence-electron chi connectivity index (χ0n) is 9.04. The van der Waals surface area contributed by atoms with Gasteiger partial charge in [0.15, 0.2) is 9.84 Å². The predicted octanol–water partition coefficient (Wildman–Crippen LogP) is 0.262. The van der Waals surface area contributed by atoms with Gasteiger partial charge in [0.1, 0.15) is 0 Å². The molecule has 3 N–H and O–H groups in total. The number of benzene rings is 1. The van der Waals surface area contributed by atoms with Crippen LogP contribution in [0.5, 0.6) is 0 Å². The molecule has 0 heterocycles. The Labute approximate surface area is 99.2 Å². The first kappa shape index (κ1) is 12.1. The lowest BCUT2D eigenvalue weighted by Crippen LogP contribution is -2.31. The van der Waals surface area contributed by atoms with Crippen molar-refractivity contribution in [2.24, 2.45) is 11.1 Å². The van der Waals surface area contributed by atoms with Crippen molar-refractivity contribution >= 4 is 15.8 Å². The molecule has 0 radical (unpaired) electrons. The largest absolute Gasteiger partial charge is 0.481 e. The number of carbonyl (C=O) groups is 1. The van der Waals surface area contributed by atoms with Crippen LogP contribution in [0.15, 0.2) is 35.2 Å². The van der Waals surface area contributed by atoms with Crippen LogP contribution in [0.4, 0.5) is 0 Å². The van der Waals surface area contributed by atoms with Crippen LogP contribution in [0, 0.1) is 5.41 Å². The summed E-state index contributed by atoms with van der Waals surface area (Å²) in [6.07, 6.45) is 0.0933. The second kappa shape index (κ2) is 3.82. The van der Waals surface area contributed by atoms with Crippen molar-refractivity contribution in [3.05, 3.63) is 30.3 Å². The number of hydrogen-bond acceptors (Lipinski definition) is 4. The van der Waals surface area contributed by atoms with Gasteiger partial charge >= 0.3 is 5.97 Å². The lowest BCUT2D eigenvalue weighted by molar-refractivity contribution is -0.142. The molecule has 92 valence electrons. The van der Waals surface area contributed by atoms with Crippen LogP contribution in [0.2, 0.25) is 0 Å². The summed E-state index contributed by atoms with van der Waals surface area (Å²) in [4.78, 5) is 11.2. The van der Waals surface area contributed by atoms with Crippen LogP contribution < -0.4 is 5.73 Å². The van der Waals surface area contributed by atoms with E-state index in [4.69, 9.17) is 10.8 Å². The van der Waals surface area contributed by atoms with Crippen LogP contribution in [0.25, 0.3) is 0 Å². The summed E-state index contributed by atoms with van der Waals surface area (Å²) in [5.74, 6) is -1.13. The fourth-order valence-electron chi connectivity index (χ4n) is 1.98. The summed E-state index contributed by atoms with van der Waals surface area (Å²) in [6, 6.07) is 7.87. The topological polar surface area (TPSA) is 97.5 Å². The van der Waals surface area contributed by atoms with Crippen LogP contribution in [0.1, 0.15) is 6.42 Å². The van der Waals surface area contributed by atoms with E-state index in [1.54, 1.807) is 18.2 Å². The lowest BCUT2D eigenvalue weighted by Gasteiger charge is -2.09. The number of carboxylic acids is 1. The number of hydrogen-bond donors (Lipinski definition) is 2. The van der Waals surface area contributed by atoms with Gasteiger partial charge in [-0.1, -0.05) is 18.2 Å². The third-order valence-corrected chi connectivity index (χ3v) is 5.54. The van der Waals surface area contributed by atoms with Gasteiger partial charge in [0, 0.05) is 6.54 Å². The summed E-state index contributed by atoms with van der Waals surface area (Å²) in [7, 11) is -3.59. The van der Waals surface area contributed by atoms with Crippen molar-refractivity contribution in [3.8, 4) is 0 Å². The minimum Gasteiger partial charge on any atom is -0.481 e. The van der Waals surface area contributed by atoms with Gasteiger partial charge in [0.25, 0.3) is 0 Å².